The number of para-hydroxylation sites is 2. The predicted octanol–water partition coefficient (Wildman–Crippen LogP) is 4.03. The van der Waals surface area contributed by atoms with Crippen LogP contribution in [-0.2, 0) is 29.6 Å². The number of rotatable bonds is 4. The van der Waals surface area contributed by atoms with Gasteiger partial charge < -0.3 is 14.9 Å². The van der Waals surface area contributed by atoms with E-state index in [-0.39, 0.29) is 24.2 Å². The van der Waals surface area contributed by atoms with Crippen molar-refractivity contribution in [1.82, 2.24) is 14.5 Å². The minimum absolute atomic E-state index is 0. The zero-order valence-corrected chi connectivity index (χ0v) is 19.8. The third-order valence-electron chi connectivity index (χ3n) is 7.23. The summed E-state index contributed by atoms with van der Waals surface area (Å²) in [4.78, 5) is 26.4. The van der Waals surface area contributed by atoms with Gasteiger partial charge in [-0.15, -0.1) is 12.4 Å². The van der Waals surface area contributed by atoms with Gasteiger partial charge in [0, 0.05) is 58.4 Å². The van der Waals surface area contributed by atoms with Crippen LogP contribution in [0.3, 0.4) is 0 Å². The molecule has 0 radical (unpaired) electrons. The third-order valence-corrected chi connectivity index (χ3v) is 7.23. The van der Waals surface area contributed by atoms with Crippen LogP contribution in [0.5, 0.6) is 0 Å². The minimum Gasteiger partial charge on any atom is -0.350 e. The Kier molecular flexibility index (Phi) is 5.58. The zero-order chi connectivity index (χ0) is 22.7. The van der Waals surface area contributed by atoms with Crippen LogP contribution >= 0.6 is 12.4 Å². The molecule has 0 fully saturated rings. The summed E-state index contributed by atoms with van der Waals surface area (Å²) in [5, 5.41) is 4.59. The van der Waals surface area contributed by atoms with Crippen molar-refractivity contribution < 1.29 is 9.59 Å². The largest absolute Gasteiger partial charge is 0.350 e. The molecular weight excluding hydrogens is 448 g/mol. The summed E-state index contributed by atoms with van der Waals surface area (Å²) in [5.74, 6) is -0.116. The molecule has 0 spiro atoms. The van der Waals surface area contributed by atoms with E-state index in [9.17, 15) is 9.59 Å². The Labute approximate surface area is 203 Å². The monoisotopic (exact) mass is 474 g/mol. The first-order valence-electron chi connectivity index (χ1n) is 11.5. The number of nitrogens with one attached hydrogen (secondary N) is 1. The van der Waals surface area contributed by atoms with Gasteiger partial charge >= 0.3 is 0 Å². The van der Waals surface area contributed by atoms with Gasteiger partial charge in [-0.25, -0.2) is 0 Å². The number of carbonyl (C=O) groups excluding carboxylic acids is 2. The second kappa shape index (κ2) is 8.46. The van der Waals surface area contributed by atoms with Gasteiger partial charge in [0.25, 0.3) is 11.8 Å². The Balaban J connectivity index is 0.00000241. The lowest BCUT2D eigenvalue weighted by Crippen LogP contribution is -2.24. The Morgan fingerprint density at radius 2 is 1.65 bits per heavy atom. The molecule has 0 saturated heterocycles. The van der Waals surface area contributed by atoms with Crippen LogP contribution in [0.2, 0.25) is 0 Å². The fourth-order valence-electron chi connectivity index (χ4n) is 5.76. The molecule has 2 aromatic heterocycles. The van der Waals surface area contributed by atoms with Crippen LogP contribution in [0.4, 0.5) is 0 Å². The second-order valence-electron chi connectivity index (χ2n) is 9.14. The van der Waals surface area contributed by atoms with Crippen LogP contribution in [0.1, 0.15) is 29.7 Å². The van der Waals surface area contributed by atoms with Crippen molar-refractivity contribution >= 4 is 57.2 Å². The first-order chi connectivity index (χ1) is 16.1. The number of nitrogens with zero attached hydrogens (tertiary/aromatic N) is 2. The van der Waals surface area contributed by atoms with Gasteiger partial charge in [-0.05, 0) is 43.9 Å². The Hall–Kier alpha value is -3.35. The highest BCUT2D eigenvalue weighted by Crippen LogP contribution is 2.42. The van der Waals surface area contributed by atoms with Crippen LogP contribution in [0.15, 0.2) is 54.7 Å². The summed E-state index contributed by atoms with van der Waals surface area (Å²) < 4.78 is 4.36. The summed E-state index contributed by atoms with van der Waals surface area (Å²) in [5.41, 5.74) is 11.8. The van der Waals surface area contributed by atoms with Gasteiger partial charge in [-0.1, -0.05) is 36.4 Å². The third kappa shape index (κ3) is 3.21. The van der Waals surface area contributed by atoms with E-state index >= 15 is 0 Å². The molecule has 6 nitrogen and oxygen atoms in total. The number of amides is 2. The topological polar surface area (TPSA) is 82.0 Å². The number of aryl methyl sites for hydroxylation is 1. The lowest BCUT2D eigenvalue weighted by molar-refractivity contribution is -0.122. The number of aromatic nitrogens is 2. The summed E-state index contributed by atoms with van der Waals surface area (Å²) in [6, 6.07) is 16.2. The van der Waals surface area contributed by atoms with Gasteiger partial charge in [0.1, 0.15) is 0 Å². The highest BCUT2D eigenvalue weighted by Gasteiger charge is 2.37. The maximum Gasteiger partial charge on any atom is 0.259 e. The normalized spacial score (nSPS) is 17.9. The fraction of sp³-hybridized carbons (Fsp3) is 0.259. The van der Waals surface area contributed by atoms with E-state index in [1.807, 2.05) is 54.2 Å². The average molecular weight is 475 g/mol. The maximum atomic E-state index is 13.3. The molecule has 2 aliphatic rings. The van der Waals surface area contributed by atoms with Gasteiger partial charge in [-0.2, -0.15) is 0 Å². The van der Waals surface area contributed by atoms with Crippen molar-refractivity contribution in [3.8, 4) is 0 Å². The first kappa shape index (κ1) is 22.4. The van der Waals surface area contributed by atoms with Crippen molar-refractivity contribution in [1.29, 1.82) is 0 Å². The van der Waals surface area contributed by atoms with Crippen LogP contribution < -0.4 is 11.1 Å². The quantitative estimate of drug-likeness (QED) is 0.438. The molecule has 0 saturated carbocycles. The molecule has 0 bridgehead atoms. The molecule has 1 unspecified atom stereocenters. The molecule has 4 aromatic rings. The molecule has 3 N–H and O–H groups in total. The molecular formula is C27H27ClN4O2. The molecule has 2 amide bonds. The summed E-state index contributed by atoms with van der Waals surface area (Å²) in [7, 11) is 1.97. The van der Waals surface area contributed by atoms with Crippen molar-refractivity contribution in [3.63, 3.8) is 0 Å². The van der Waals surface area contributed by atoms with E-state index in [0.29, 0.717) is 23.6 Å². The SMILES string of the molecule is Cl.Cn1cc(C2=C(c3c4n(c5ccccc35)CC(CCN)CC4)C(=O)NC2=O)c2ccccc21. The molecule has 6 rings (SSSR count). The molecule has 34 heavy (non-hydrogen) atoms. The van der Waals surface area contributed by atoms with E-state index in [1.54, 1.807) is 0 Å². The van der Waals surface area contributed by atoms with Crippen molar-refractivity contribution in [2.24, 2.45) is 18.7 Å². The van der Waals surface area contributed by atoms with Crippen molar-refractivity contribution in [3.05, 3.63) is 71.5 Å². The number of benzene rings is 2. The van der Waals surface area contributed by atoms with Gasteiger partial charge in [0.15, 0.2) is 0 Å². The highest BCUT2D eigenvalue weighted by atomic mass is 35.5. The molecule has 2 aromatic carbocycles. The summed E-state index contributed by atoms with van der Waals surface area (Å²) in [6.07, 6.45) is 4.85. The Morgan fingerprint density at radius 1 is 0.971 bits per heavy atom. The van der Waals surface area contributed by atoms with E-state index in [4.69, 9.17) is 5.73 Å². The number of hydrogen-bond donors (Lipinski definition) is 2. The van der Waals surface area contributed by atoms with E-state index in [0.717, 1.165) is 64.4 Å². The maximum absolute atomic E-state index is 13.3. The number of hydrogen-bond acceptors (Lipinski definition) is 3. The van der Waals surface area contributed by atoms with E-state index < -0.39 is 0 Å². The summed E-state index contributed by atoms with van der Waals surface area (Å²) >= 11 is 0. The molecule has 0 aliphatic carbocycles. The smallest absolute Gasteiger partial charge is 0.259 e. The Morgan fingerprint density at radius 3 is 2.41 bits per heavy atom. The molecule has 4 heterocycles. The molecule has 2 aliphatic heterocycles. The van der Waals surface area contributed by atoms with E-state index in [1.165, 1.54) is 0 Å². The fourth-order valence-corrected chi connectivity index (χ4v) is 5.76. The summed E-state index contributed by atoms with van der Waals surface area (Å²) in [6.45, 7) is 1.57. The first-order valence-corrected chi connectivity index (χ1v) is 11.5. The van der Waals surface area contributed by atoms with Crippen molar-refractivity contribution in [2.75, 3.05) is 6.54 Å². The van der Waals surface area contributed by atoms with Crippen LogP contribution in [0, 0.1) is 5.92 Å². The predicted molar refractivity (Wildman–Crippen MR) is 138 cm³/mol. The Bertz CT molecular complexity index is 1490. The number of halogens is 1. The number of imide groups is 1. The van der Waals surface area contributed by atoms with Gasteiger partial charge in [-0.3, -0.25) is 14.9 Å². The zero-order valence-electron chi connectivity index (χ0n) is 19.0. The molecule has 7 heteroatoms. The average Bonchev–Trinajstić information content (AvgIpc) is 3.42. The number of fused-ring (bicyclic) bond motifs is 4. The lowest BCUT2D eigenvalue weighted by atomic mass is 9.89. The lowest BCUT2D eigenvalue weighted by Gasteiger charge is -2.26. The van der Waals surface area contributed by atoms with Crippen LogP contribution in [0.25, 0.3) is 33.0 Å². The highest BCUT2D eigenvalue weighted by molar-refractivity contribution is 6.51. The number of nitrogens with two attached hydrogens (primary N) is 1. The molecule has 174 valence electrons. The van der Waals surface area contributed by atoms with E-state index in [2.05, 4.69) is 22.0 Å². The standard InChI is InChI=1S/C27H26N4O2.ClH/c1-30-15-19(17-6-2-4-8-20(17)30)24-25(27(33)29-26(24)32)23-18-7-3-5-9-21(18)31-14-16(12-13-28)10-11-22(23)31;/h2-9,15-16H,10-14,28H2,1H3,(H,29,32,33);1H. The molecule has 1 atom stereocenters. The van der Waals surface area contributed by atoms with Crippen molar-refractivity contribution in [2.45, 2.75) is 25.8 Å². The second-order valence-corrected chi connectivity index (χ2v) is 9.14. The number of carbonyl (C=O) groups is 2. The minimum atomic E-state index is -0.327. The van der Waals surface area contributed by atoms with Gasteiger partial charge in [0.05, 0.1) is 11.1 Å². The van der Waals surface area contributed by atoms with Gasteiger partial charge in [0.2, 0.25) is 0 Å². The van der Waals surface area contributed by atoms with Crippen LogP contribution in [-0.4, -0.2) is 27.5 Å².